The maximum Gasteiger partial charge on any atom is 0.418 e. The Morgan fingerprint density at radius 3 is 2.62 bits per heavy atom. The van der Waals surface area contributed by atoms with Crippen LogP contribution in [0.2, 0.25) is 5.02 Å². The van der Waals surface area contributed by atoms with Gasteiger partial charge >= 0.3 is 6.18 Å². The summed E-state index contributed by atoms with van der Waals surface area (Å²) in [6, 6.07) is 0.121. The number of carbonyl (C=O) groups excluding carboxylic acids is 2. The van der Waals surface area contributed by atoms with E-state index < -0.39 is 28.7 Å². The fraction of sp³-hybridized carbons (Fsp3) is 0.333. The molecule has 0 aliphatic carbocycles. The minimum Gasteiger partial charge on any atom is -0.372 e. The fourth-order valence-corrected chi connectivity index (χ4v) is 4.92. The predicted octanol–water partition coefficient (Wildman–Crippen LogP) is 5.16. The summed E-state index contributed by atoms with van der Waals surface area (Å²) < 4.78 is 39.4. The lowest BCUT2D eigenvalue weighted by Gasteiger charge is -2.14. The van der Waals surface area contributed by atoms with Crippen molar-refractivity contribution in [1.82, 2.24) is 25.9 Å². The number of alkyl halides is 3. The number of carbonyl (C=O) groups is 2. The molecule has 0 saturated heterocycles. The molecule has 15 heteroatoms. The number of amides is 2. The van der Waals surface area contributed by atoms with Crippen LogP contribution < -0.4 is 21.3 Å². The summed E-state index contributed by atoms with van der Waals surface area (Å²) in [6.45, 7) is 2.93. The number of aliphatic imine (C=N–C) groups is 2. The van der Waals surface area contributed by atoms with E-state index in [9.17, 15) is 22.8 Å². The first kappa shape index (κ1) is 30.9. The van der Waals surface area contributed by atoms with Crippen LogP contribution in [-0.4, -0.2) is 46.5 Å². The summed E-state index contributed by atoms with van der Waals surface area (Å²) in [7, 11) is 0. The van der Waals surface area contributed by atoms with Crippen LogP contribution in [-0.2, 0) is 11.0 Å². The summed E-state index contributed by atoms with van der Waals surface area (Å²) in [5.41, 5.74) is -0.569. The van der Waals surface area contributed by atoms with Crippen LogP contribution in [0.3, 0.4) is 0 Å². The fourth-order valence-electron chi connectivity index (χ4n) is 3.89. The summed E-state index contributed by atoms with van der Waals surface area (Å²) in [4.78, 5) is 42.6. The van der Waals surface area contributed by atoms with Crippen molar-refractivity contribution in [2.45, 2.75) is 44.8 Å². The lowest BCUT2D eigenvalue weighted by atomic mass is 10.1. The normalized spacial score (nSPS) is 19.1. The van der Waals surface area contributed by atoms with Crippen molar-refractivity contribution in [2.75, 3.05) is 18.4 Å². The van der Waals surface area contributed by atoms with Gasteiger partial charge in [0, 0.05) is 43.7 Å². The van der Waals surface area contributed by atoms with Crippen LogP contribution in [0.5, 0.6) is 0 Å². The Bertz CT molecular complexity index is 1470. The van der Waals surface area contributed by atoms with Crippen molar-refractivity contribution < 1.29 is 22.8 Å². The maximum absolute atomic E-state index is 13.2. The average Bonchev–Trinajstić information content (AvgIpc) is 3.66. The van der Waals surface area contributed by atoms with E-state index in [4.69, 9.17) is 11.6 Å². The Hall–Kier alpha value is -4.04. The molecule has 0 saturated carbocycles. The first-order valence-electron chi connectivity index (χ1n) is 13.0. The first-order valence-corrected chi connectivity index (χ1v) is 14.2. The zero-order chi connectivity index (χ0) is 30.1. The third kappa shape index (κ3) is 8.73. The highest BCUT2D eigenvalue weighted by Crippen LogP contribution is 2.35. The molecule has 4 N–H and O–H groups in total. The number of hydrogen-bond donors (Lipinski definition) is 4. The van der Waals surface area contributed by atoms with Crippen LogP contribution in [0.25, 0.3) is 0 Å². The second-order valence-corrected chi connectivity index (χ2v) is 10.7. The van der Waals surface area contributed by atoms with Gasteiger partial charge in [0.1, 0.15) is 27.4 Å². The van der Waals surface area contributed by atoms with Gasteiger partial charge in [0.05, 0.1) is 22.8 Å². The second-order valence-electron chi connectivity index (χ2n) is 9.24. The van der Waals surface area contributed by atoms with Gasteiger partial charge in [-0.1, -0.05) is 23.8 Å². The monoisotopic (exact) mass is 620 g/mol. The number of halogens is 4. The highest BCUT2D eigenvalue weighted by Gasteiger charge is 2.34. The van der Waals surface area contributed by atoms with E-state index in [1.807, 2.05) is 12.2 Å². The van der Waals surface area contributed by atoms with E-state index in [0.717, 1.165) is 42.6 Å². The van der Waals surface area contributed by atoms with Crippen molar-refractivity contribution in [3.8, 4) is 0 Å². The molecule has 0 bridgehead atoms. The summed E-state index contributed by atoms with van der Waals surface area (Å²) >= 11 is 6.60. The molecule has 1 atom stereocenters. The zero-order valence-electron chi connectivity index (χ0n) is 22.5. The first-order chi connectivity index (χ1) is 20.1. The van der Waals surface area contributed by atoms with Crippen LogP contribution in [0.15, 0.2) is 64.6 Å². The zero-order valence-corrected chi connectivity index (χ0v) is 24.0. The Kier molecular flexibility index (Phi) is 10.5. The third-order valence-corrected chi connectivity index (χ3v) is 7.49. The number of pyridine rings is 1. The number of rotatable bonds is 8. The average molecular weight is 621 g/mol. The van der Waals surface area contributed by atoms with Gasteiger partial charge in [-0.2, -0.15) is 13.2 Å². The van der Waals surface area contributed by atoms with Gasteiger partial charge in [-0.15, -0.1) is 11.3 Å². The molecule has 2 aromatic heterocycles. The molecule has 2 aromatic rings. The number of amidine groups is 2. The largest absolute Gasteiger partial charge is 0.418 e. The molecule has 0 aromatic carbocycles. The highest BCUT2D eigenvalue weighted by atomic mass is 35.5. The number of hydrogen-bond acceptors (Lipinski definition) is 9. The van der Waals surface area contributed by atoms with Crippen molar-refractivity contribution in [2.24, 2.45) is 9.98 Å². The van der Waals surface area contributed by atoms with E-state index in [1.165, 1.54) is 6.20 Å². The Balaban J connectivity index is 1.36. The highest BCUT2D eigenvalue weighted by molar-refractivity contribution is 7.13. The van der Waals surface area contributed by atoms with Crippen LogP contribution >= 0.6 is 22.9 Å². The number of nitrogens with zero attached hydrogens (tertiary/aromatic N) is 4. The van der Waals surface area contributed by atoms with Crippen LogP contribution in [0.4, 0.5) is 19.0 Å². The Morgan fingerprint density at radius 1 is 1.07 bits per heavy atom. The van der Waals surface area contributed by atoms with Gasteiger partial charge in [0.25, 0.3) is 5.91 Å². The molecule has 0 spiro atoms. The number of anilines is 1. The molecule has 2 aliphatic rings. The molecular weight excluding hydrogens is 593 g/mol. The molecule has 10 nitrogen and oxygen atoms in total. The van der Waals surface area contributed by atoms with Gasteiger partial charge in [-0.25, -0.2) is 20.0 Å². The molecule has 0 fully saturated rings. The van der Waals surface area contributed by atoms with Crippen molar-refractivity contribution >= 4 is 52.2 Å². The van der Waals surface area contributed by atoms with E-state index in [0.29, 0.717) is 42.0 Å². The number of allylic oxidation sites excluding steroid dienone is 1. The van der Waals surface area contributed by atoms with Gasteiger partial charge in [-0.05, 0) is 38.3 Å². The summed E-state index contributed by atoms with van der Waals surface area (Å²) in [5, 5.41) is 11.6. The summed E-state index contributed by atoms with van der Waals surface area (Å²) in [5.74, 6) is 0.162. The topological polar surface area (TPSA) is 133 Å². The number of thiazole rings is 1. The van der Waals surface area contributed by atoms with Gasteiger partial charge in [-0.3, -0.25) is 9.59 Å². The quantitative estimate of drug-likeness (QED) is 0.302. The van der Waals surface area contributed by atoms with Crippen molar-refractivity contribution in [3.05, 3.63) is 75.1 Å². The molecule has 222 valence electrons. The van der Waals surface area contributed by atoms with Crippen molar-refractivity contribution in [3.63, 3.8) is 0 Å². The Morgan fingerprint density at radius 2 is 1.86 bits per heavy atom. The minimum atomic E-state index is -4.70. The smallest absolute Gasteiger partial charge is 0.372 e. The molecular formula is C27H28ClF3N8O2S. The molecule has 42 heavy (non-hydrogen) atoms. The number of nitrogens with one attached hydrogen (secondary N) is 4. The molecule has 4 heterocycles. The number of aromatic nitrogens is 2. The molecule has 2 aliphatic heterocycles. The lowest BCUT2D eigenvalue weighted by Crippen LogP contribution is -2.34. The van der Waals surface area contributed by atoms with Crippen LogP contribution in [0, 0.1) is 0 Å². The SMILES string of the molecule is CC(NC(=O)/C1=C/C(NCCNC2=NC=CC2)=N\C=C\CCC1)c1ncc(C(=O)Nc2cc(C(F)(F)F)c(Cl)cn2)s1. The Labute approximate surface area is 249 Å². The van der Waals surface area contributed by atoms with E-state index >= 15 is 0 Å². The predicted molar refractivity (Wildman–Crippen MR) is 157 cm³/mol. The standard InChI is InChI=1S/C27H28ClF3N8O2S/c1-16(26-37-15-20(42-26)25(41)39-23-13-18(27(29,30)31)19(28)14-36-23)38-24(40)17-6-3-2-4-8-33-22(12-17)35-11-10-34-21-7-5-9-32-21/h4-5,8-9,12-16H,2-3,6-7,10-11H2,1H3,(H,32,34)(H,33,35)(H,38,40)(H,36,39,41)/b8-4+,17-12+. The molecule has 0 radical (unpaired) electrons. The molecule has 2 amide bonds. The van der Waals surface area contributed by atoms with E-state index in [2.05, 4.69) is 41.2 Å². The van der Waals surface area contributed by atoms with Crippen LogP contribution in [0.1, 0.15) is 58.9 Å². The maximum atomic E-state index is 13.2. The van der Waals surface area contributed by atoms with Gasteiger partial charge in [0.15, 0.2) is 0 Å². The molecule has 4 rings (SSSR count). The minimum absolute atomic E-state index is 0.135. The second kappa shape index (κ2) is 14.2. The van der Waals surface area contributed by atoms with E-state index in [-0.39, 0.29) is 16.6 Å². The van der Waals surface area contributed by atoms with Gasteiger partial charge in [0.2, 0.25) is 5.91 Å². The lowest BCUT2D eigenvalue weighted by molar-refractivity contribution is -0.137. The van der Waals surface area contributed by atoms with Gasteiger partial charge < -0.3 is 21.3 Å². The van der Waals surface area contributed by atoms with Crippen molar-refractivity contribution in [1.29, 1.82) is 0 Å². The van der Waals surface area contributed by atoms with E-state index in [1.54, 1.807) is 25.4 Å². The third-order valence-electron chi connectivity index (χ3n) is 6.01. The molecule has 1 unspecified atom stereocenters. The summed E-state index contributed by atoms with van der Waals surface area (Å²) in [6.07, 6.45) is 9.36.